The SMILES string of the molecule is CCCCOC(=O)Oc1nc(Cl)c2ccc(OC)cc2c1O. The van der Waals surface area contributed by atoms with Crippen molar-refractivity contribution in [2.75, 3.05) is 13.7 Å². The Morgan fingerprint density at radius 1 is 1.36 bits per heavy atom. The van der Waals surface area contributed by atoms with E-state index < -0.39 is 6.16 Å². The first-order chi connectivity index (χ1) is 10.6. The van der Waals surface area contributed by atoms with Crippen LogP contribution in [0, 0.1) is 0 Å². The fraction of sp³-hybridized carbons (Fsp3) is 0.333. The average molecular weight is 326 g/mol. The van der Waals surface area contributed by atoms with E-state index in [1.807, 2.05) is 6.92 Å². The van der Waals surface area contributed by atoms with Gasteiger partial charge in [-0.15, -0.1) is 0 Å². The van der Waals surface area contributed by atoms with Crippen molar-refractivity contribution in [1.82, 2.24) is 4.98 Å². The van der Waals surface area contributed by atoms with E-state index in [4.69, 9.17) is 25.8 Å². The van der Waals surface area contributed by atoms with Gasteiger partial charge < -0.3 is 19.3 Å². The minimum absolute atomic E-state index is 0.104. The van der Waals surface area contributed by atoms with Crippen LogP contribution in [-0.2, 0) is 4.74 Å². The average Bonchev–Trinajstić information content (AvgIpc) is 2.52. The van der Waals surface area contributed by atoms with Gasteiger partial charge in [0.15, 0.2) is 5.75 Å². The molecule has 2 rings (SSSR count). The maximum Gasteiger partial charge on any atom is 0.515 e. The third-order valence-electron chi connectivity index (χ3n) is 3.00. The number of methoxy groups -OCH3 is 1. The van der Waals surface area contributed by atoms with Crippen LogP contribution in [0.5, 0.6) is 17.4 Å². The summed E-state index contributed by atoms with van der Waals surface area (Å²) in [6, 6.07) is 4.93. The smallest absolute Gasteiger partial charge is 0.503 e. The summed E-state index contributed by atoms with van der Waals surface area (Å²) in [4.78, 5) is 15.4. The predicted molar refractivity (Wildman–Crippen MR) is 81.9 cm³/mol. The maximum atomic E-state index is 11.5. The molecule has 0 radical (unpaired) electrons. The number of benzene rings is 1. The summed E-state index contributed by atoms with van der Waals surface area (Å²) in [5.74, 6) is -0.0699. The minimum Gasteiger partial charge on any atom is -0.503 e. The van der Waals surface area contributed by atoms with Crippen LogP contribution in [0.15, 0.2) is 18.2 Å². The lowest BCUT2D eigenvalue weighted by molar-refractivity contribution is 0.0952. The Bertz CT molecular complexity index is 689. The van der Waals surface area contributed by atoms with E-state index in [0.717, 1.165) is 12.8 Å². The Labute approximate surface area is 132 Å². The van der Waals surface area contributed by atoms with E-state index in [9.17, 15) is 9.90 Å². The molecule has 118 valence electrons. The largest absolute Gasteiger partial charge is 0.515 e. The Morgan fingerprint density at radius 2 is 2.14 bits per heavy atom. The van der Waals surface area contributed by atoms with Crippen molar-refractivity contribution in [2.24, 2.45) is 0 Å². The Balaban J connectivity index is 2.30. The highest BCUT2D eigenvalue weighted by Gasteiger charge is 2.17. The number of ether oxygens (including phenoxy) is 3. The second kappa shape index (κ2) is 7.17. The summed E-state index contributed by atoms with van der Waals surface area (Å²) in [6.07, 6.45) is 0.678. The van der Waals surface area contributed by atoms with Crippen LogP contribution < -0.4 is 9.47 Å². The number of aromatic nitrogens is 1. The van der Waals surface area contributed by atoms with Gasteiger partial charge in [-0.2, -0.15) is 4.98 Å². The zero-order valence-electron chi connectivity index (χ0n) is 12.3. The first-order valence-electron chi connectivity index (χ1n) is 6.77. The number of carbonyl (C=O) groups is 1. The number of hydrogen-bond acceptors (Lipinski definition) is 6. The highest BCUT2D eigenvalue weighted by molar-refractivity contribution is 6.34. The van der Waals surface area contributed by atoms with Crippen LogP contribution in [0.3, 0.4) is 0 Å². The maximum absolute atomic E-state index is 11.5. The molecule has 6 nitrogen and oxygen atoms in total. The Morgan fingerprint density at radius 3 is 2.82 bits per heavy atom. The van der Waals surface area contributed by atoms with Crippen molar-refractivity contribution >= 4 is 28.5 Å². The van der Waals surface area contributed by atoms with Crippen LogP contribution in [-0.4, -0.2) is 30.0 Å². The molecule has 1 aromatic carbocycles. The second-order valence-corrected chi connectivity index (χ2v) is 4.88. The molecule has 0 unspecified atom stereocenters. The molecule has 1 N–H and O–H groups in total. The minimum atomic E-state index is -0.936. The summed E-state index contributed by atoms with van der Waals surface area (Å²) in [5, 5.41) is 11.2. The van der Waals surface area contributed by atoms with E-state index in [1.54, 1.807) is 18.2 Å². The molecule has 2 aromatic rings. The lowest BCUT2D eigenvalue weighted by Gasteiger charge is -2.10. The van der Waals surface area contributed by atoms with Gasteiger partial charge in [0.2, 0.25) is 0 Å². The number of aromatic hydroxyl groups is 1. The fourth-order valence-electron chi connectivity index (χ4n) is 1.82. The summed E-state index contributed by atoms with van der Waals surface area (Å²) in [5.41, 5.74) is 0. The molecule has 0 spiro atoms. The molecule has 0 saturated carbocycles. The Kier molecular flexibility index (Phi) is 5.27. The van der Waals surface area contributed by atoms with Gasteiger partial charge in [-0.05, 0) is 24.6 Å². The van der Waals surface area contributed by atoms with Gasteiger partial charge in [-0.1, -0.05) is 24.9 Å². The zero-order chi connectivity index (χ0) is 16.1. The molecule has 22 heavy (non-hydrogen) atoms. The number of carbonyl (C=O) groups excluding carboxylic acids is 1. The lowest BCUT2D eigenvalue weighted by Crippen LogP contribution is -2.12. The summed E-state index contributed by atoms with van der Waals surface area (Å²) >= 11 is 6.04. The predicted octanol–water partition coefficient (Wildman–Crippen LogP) is 3.92. The lowest BCUT2D eigenvalue weighted by atomic mass is 10.1. The van der Waals surface area contributed by atoms with Crippen LogP contribution in [0.4, 0.5) is 4.79 Å². The van der Waals surface area contributed by atoms with Crippen molar-refractivity contribution in [3.8, 4) is 17.4 Å². The monoisotopic (exact) mass is 325 g/mol. The number of pyridine rings is 1. The molecule has 1 heterocycles. The van der Waals surface area contributed by atoms with E-state index in [-0.39, 0.29) is 23.4 Å². The number of nitrogens with zero attached hydrogens (tertiary/aromatic N) is 1. The van der Waals surface area contributed by atoms with E-state index in [1.165, 1.54) is 7.11 Å². The van der Waals surface area contributed by atoms with E-state index in [0.29, 0.717) is 16.5 Å². The van der Waals surface area contributed by atoms with Crippen LogP contribution in [0.2, 0.25) is 5.15 Å². The first kappa shape index (κ1) is 16.2. The Hall–Kier alpha value is -2.21. The number of rotatable bonds is 5. The van der Waals surface area contributed by atoms with Gasteiger partial charge in [0.25, 0.3) is 5.88 Å². The molecule has 1 aromatic heterocycles. The summed E-state index contributed by atoms with van der Waals surface area (Å²) in [7, 11) is 1.50. The molecule has 0 aliphatic rings. The van der Waals surface area contributed by atoms with Gasteiger partial charge >= 0.3 is 6.16 Å². The third kappa shape index (κ3) is 3.51. The molecule has 0 saturated heterocycles. The third-order valence-corrected chi connectivity index (χ3v) is 3.29. The van der Waals surface area contributed by atoms with Crippen LogP contribution in [0.1, 0.15) is 19.8 Å². The number of unbranched alkanes of at least 4 members (excludes halogenated alkanes) is 1. The van der Waals surface area contributed by atoms with Crippen LogP contribution in [0.25, 0.3) is 10.8 Å². The van der Waals surface area contributed by atoms with Gasteiger partial charge in [-0.3, -0.25) is 0 Å². The van der Waals surface area contributed by atoms with Gasteiger partial charge in [-0.25, -0.2) is 4.79 Å². The van der Waals surface area contributed by atoms with Crippen molar-refractivity contribution < 1.29 is 24.1 Å². The zero-order valence-corrected chi connectivity index (χ0v) is 13.0. The highest BCUT2D eigenvalue weighted by atomic mass is 35.5. The second-order valence-electron chi connectivity index (χ2n) is 4.52. The standard InChI is InChI=1S/C15H16ClNO5/c1-3-4-7-21-15(19)22-14-12(18)11-8-9(20-2)5-6-10(11)13(16)17-14/h5-6,8,18H,3-4,7H2,1-2H3. The molecular formula is C15H16ClNO5. The number of halogens is 1. The topological polar surface area (TPSA) is 77.9 Å². The molecule has 0 fully saturated rings. The molecular weight excluding hydrogens is 310 g/mol. The molecule has 7 heteroatoms. The molecule has 0 aliphatic heterocycles. The van der Waals surface area contributed by atoms with Crippen molar-refractivity contribution in [3.05, 3.63) is 23.4 Å². The van der Waals surface area contributed by atoms with Gasteiger partial charge in [0.1, 0.15) is 10.9 Å². The van der Waals surface area contributed by atoms with Crippen molar-refractivity contribution in [2.45, 2.75) is 19.8 Å². The highest BCUT2D eigenvalue weighted by Crippen LogP contribution is 2.38. The fourth-order valence-corrected chi connectivity index (χ4v) is 2.06. The van der Waals surface area contributed by atoms with Crippen molar-refractivity contribution in [1.29, 1.82) is 0 Å². The quantitative estimate of drug-likeness (QED) is 0.510. The first-order valence-corrected chi connectivity index (χ1v) is 7.15. The van der Waals surface area contributed by atoms with E-state index >= 15 is 0 Å². The number of fused-ring (bicyclic) bond motifs is 1. The van der Waals surface area contributed by atoms with E-state index in [2.05, 4.69) is 4.98 Å². The molecule has 0 amide bonds. The molecule has 0 bridgehead atoms. The van der Waals surface area contributed by atoms with Crippen molar-refractivity contribution in [3.63, 3.8) is 0 Å². The molecule has 0 aliphatic carbocycles. The number of hydrogen-bond donors (Lipinski definition) is 1. The molecule has 0 atom stereocenters. The van der Waals surface area contributed by atoms with Gasteiger partial charge in [0, 0.05) is 10.8 Å². The van der Waals surface area contributed by atoms with Crippen LogP contribution >= 0.6 is 11.6 Å². The summed E-state index contributed by atoms with van der Waals surface area (Å²) in [6.45, 7) is 2.21. The normalized spacial score (nSPS) is 10.5. The summed E-state index contributed by atoms with van der Waals surface area (Å²) < 4.78 is 14.9. The van der Waals surface area contributed by atoms with Gasteiger partial charge in [0.05, 0.1) is 13.7 Å².